The smallest absolute Gasteiger partial charge is 0.108 e. The lowest BCUT2D eigenvalue weighted by Gasteiger charge is -2.35. The number of hydrogen-bond donors (Lipinski definition) is 1. The van der Waals surface area contributed by atoms with Crippen LogP contribution in [0.1, 0.15) is 43.4 Å². The van der Waals surface area contributed by atoms with Gasteiger partial charge in [0.15, 0.2) is 0 Å². The van der Waals surface area contributed by atoms with E-state index >= 15 is 0 Å². The lowest BCUT2D eigenvalue weighted by Crippen LogP contribution is -2.46. The highest BCUT2D eigenvalue weighted by Gasteiger charge is 2.25. The van der Waals surface area contributed by atoms with Gasteiger partial charge in [0.1, 0.15) is 6.10 Å². The number of hydrogen-bond acceptors (Lipinski definition) is 3. The lowest BCUT2D eigenvalue weighted by atomic mass is 10.0. The fraction of sp³-hybridized carbons (Fsp3) is 0.455. The first kappa shape index (κ1) is 18.1. The van der Waals surface area contributed by atoms with Gasteiger partial charge in [-0.05, 0) is 44.0 Å². The van der Waals surface area contributed by atoms with Crippen molar-refractivity contribution >= 4 is 0 Å². The standard InChI is InChI=1S/C22H29NO2/c1-18(23-15-9-4-10-16-23)21(24)17-25-22(19-11-5-2-6-12-19)20-13-7-3-8-14-20/h2-3,5-8,11-14,18,21-22,24H,4,9-10,15-17H2,1H3/t18-,21+/m0/s1. The summed E-state index contributed by atoms with van der Waals surface area (Å²) < 4.78 is 6.21. The Balaban J connectivity index is 1.66. The van der Waals surface area contributed by atoms with E-state index in [4.69, 9.17) is 4.74 Å². The third-order valence-electron chi connectivity index (χ3n) is 5.16. The number of likely N-dealkylation sites (tertiary alicyclic amines) is 1. The van der Waals surface area contributed by atoms with Gasteiger partial charge < -0.3 is 9.84 Å². The van der Waals surface area contributed by atoms with Crippen LogP contribution in [-0.4, -0.2) is 41.8 Å². The first-order valence-corrected chi connectivity index (χ1v) is 9.39. The van der Waals surface area contributed by atoms with Crippen molar-refractivity contribution in [2.75, 3.05) is 19.7 Å². The highest BCUT2D eigenvalue weighted by Crippen LogP contribution is 2.26. The molecule has 1 aliphatic heterocycles. The van der Waals surface area contributed by atoms with Crippen molar-refractivity contribution in [3.8, 4) is 0 Å². The maximum Gasteiger partial charge on any atom is 0.108 e. The summed E-state index contributed by atoms with van der Waals surface area (Å²) in [6.07, 6.45) is 3.14. The number of aliphatic hydroxyl groups excluding tert-OH is 1. The summed E-state index contributed by atoms with van der Waals surface area (Å²) in [5.74, 6) is 0. The van der Waals surface area contributed by atoms with Crippen LogP contribution in [0.15, 0.2) is 60.7 Å². The molecule has 2 aromatic rings. The maximum absolute atomic E-state index is 10.6. The van der Waals surface area contributed by atoms with Gasteiger partial charge in [-0.1, -0.05) is 67.1 Å². The van der Waals surface area contributed by atoms with E-state index in [1.807, 2.05) is 36.4 Å². The molecular formula is C22H29NO2. The number of ether oxygens (including phenoxy) is 1. The summed E-state index contributed by atoms with van der Waals surface area (Å²) in [5, 5.41) is 10.6. The minimum atomic E-state index is -0.479. The van der Waals surface area contributed by atoms with Crippen molar-refractivity contribution < 1.29 is 9.84 Å². The summed E-state index contributed by atoms with van der Waals surface area (Å²) >= 11 is 0. The van der Waals surface area contributed by atoms with E-state index in [1.165, 1.54) is 19.3 Å². The Morgan fingerprint density at radius 1 is 0.880 bits per heavy atom. The topological polar surface area (TPSA) is 32.7 Å². The number of nitrogens with zero attached hydrogens (tertiary/aromatic N) is 1. The van der Waals surface area contributed by atoms with Gasteiger partial charge in [-0.15, -0.1) is 0 Å². The van der Waals surface area contributed by atoms with E-state index in [9.17, 15) is 5.11 Å². The molecule has 1 saturated heterocycles. The first-order valence-electron chi connectivity index (χ1n) is 9.39. The normalized spacial score (nSPS) is 18.2. The van der Waals surface area contributed by atoms with Crippen LogP contribution in [0.25, 0.3) is 0 Å². The Labute approximate surface area is 151 Å². The second-order valence-corrected chi connectivity index (χ2v) is 6.94. The molecule has 0 amide bonds. The van der Waals surface area contributed by atoms with Crippen LogP contribution in [-0.2, 0) is 4.74 Å². The average molecular weight is 339 g/mol. The van der Waals surface area contributed by atoms with Crippen LogP contribution in [0.4, 0.5) is 0 Å². The van der Waals surface area contributed by atoms with E-state index < -0.39 is 6.10 Å². The fourth-order valence-corrected chi connectivity index (χ4v) is 3.54. The molecule has 0 spiro atoms. The largest absolute Gasteiger partial charge is 0.389 e. The Morgan fingerprint density at radius 3 is 1.92 bits per heavy atom. The fourth-order valence-electron chi connectivity index (χ4n) is 3.54. The summed E-state index contributed by atoms with van der Waals surface area (Å²) in [6, 6.07) is 20.6. The first-order chi connectivity index (χ1) is 12.3. The van der Waals surface area contributed by atoms with Crippen molar-refractivity contribution in [1.29, 1.82) is 0 Å². The van der Waals surface area contributed by atoms with Gasteiger partial charge >= 0.3 is 0 Å². The van der Waals surface area contributed by atoms with Gasteiger partial charge in [0.25, 0.3) is 0 Å². The van der Waals surface area contributed by atoms with E-state index in [0.717, 1.165) is 24.2 Å². The van der Waals surface area contributed by atoms with E-state index in [0.29, 0.717) is 6.61 Å². The van der Waals surface area contributed by atoms with Gasteiger partial charge in [0, 0.05) is 6.04 Å². The van der Waals surface area contributed by atoms with E-state index in [-0.39, 0.29) is 12.1 Å². The van der Waals surface area contributed by atoms with Crippen LogP contribution in [0.2, 0.25) is 0 Å². The van der Waals surface area contributed by atoms with Crippen LogP contribution in [0, 0.1) is 0 Å². The molecule has 0 aromatic heterocycles. The molecule has 2 atom stereocenters. The van der Waals surface area contributed by atoms with Gasteiger partial charge in [-0.25, -0.2) is 0 Å². The molecule has 1 fully saturated rings. The molecule has 3 rings (SSSR count). The summed E-state index contributed by atoms with van der Waals surface area (Å²) in [6.45, 7) is 4.61. The minimum Gasteiger partial charge on any atom is -0.389 e. The third-order valence-corrected chi connectivity index (χ3v) is 5.16. The average Bonchev–Trinajstić information content (AvgIpc) is 2.70. The van der Waals surface area contributed by atoms with Crippen LogP contribution in [0.3, 0.4) is 0 Å². The van der Waals surface area contributed by atoms with Gasteiger partial charge in [-0.3, -0.25) is 4.90 Å². The highest BCUT2D eigenvalue weighted by molar-refractivity contribution is 5.29. The number of piperidine rings is 1. The highest BCUT2D eigenvalue weighted by atomic mass is 16.5. The monoisotopic (exact) mass is 339 g/mol. The van der Waals surface area contributed by atoms with E-state index in [2.05, 4.69) is 36.1 Å². The van der Waals surface area contributed by atoms with Crippen LogP contribution in [0.5, 0.6) is 0 Å². The van der Waals surface area contributed by atoms with Crippen molar-refractivity contribution in [3.63, 3.8) is 0 Å². The molecule has 0 saturated carbocycles. The van der Waals surface area contributed by atoms with Crippen molar-refractivity contribution in [1.82, 2.24) is 4.90 Å². The SMILES string of the molecule is C[C@@H]([C@H](O)COC(c1ccccc1)c1ccccc1)N1CCCCC1. The summed E-state index contributed by atoms with van der Waals surface area (Å²) in [5.41, 5.74) is 2.23. The molecule has 3 heteroatoms. The molecule has 0 radical (unpaired) electrons. The second kappa shape index (κ2) is 9.14. The van der Waals surface area contributed by atoms with Gasteiger partial charge in [0.05, 0.1) is 12.7 Å². The minimum absolute atomic E-state index is 0.132. The lowest BCUT2D eigenvalue weighted by molar-refractivity contribution is -0.0349. The molecular weight excluding hydrogens is 310 g/mol. The zero-order valence-corrected chi connectivity index (χ0v) is 15.1. The van der Waals surface area contributed by atoms with E-state index in [1.54, 1.807) is 0 Å². The molecule has 25 heavy (non-hydrogen) atoms. The molecule has 1 heterocycles. The summed E-state index contributed by atoms with van der Waals surface area (Å²) in [4.78, 5) is 2.39. The zero-order chi connectivity index (χ0) is 17.5. The number of benzene rings is 2. The molecule has 1 aliphatic rings. The molecule has 134 valence electrons. The number of rotatable bonds is 7. The molecule has 0 bridgehead atoms. The van der Waals surface area contributed by atoms with Crippen LogP contribution >= 0.6 is 0 Å². The maximum atomic E-state index is 10.6. The summed E-state index contributed by atoms with van der Waals surface area (Å²) in [7, 11) is 0. The Morgan fingerprint density at radius 2 is 1.40 bits per heavy atom. The molecule has 2 aromatic carbocycles. The predicted molar refractivity (Wildman–Crippen MR) is 102 cm³/mol. The Bertz CT molecular complexity index is 571. The Hall–Kier alpha value is -1.68. The second-order valence-electron chi connectivity index (χ2n) is 6.94. The van der Waals surface area contributed by atoms with Gasteiger partial charge in [-0.2, -0.15) is 0 Å². The van der Waals surface area contributed by atoms with Crippen molar-refractivity contribution in [3.05, 3.63) is 71.8 Å². The quantitative estimate of drug-likeness (QED) is 0.827. The van der Waals surface area contributed by atoms with Crippen molar-refractivity contribution in [2.24, 2.45) is 0 Å². The Kier molecular flexibility index (Phi) is 6.62. The van der Waals surface area contributed by atoms with Crippen molar-refractivity contribution in [2.45, 2.75) is 44.4 Å². The molecule has 3 nitrogen and oxygen atoms in total. The molecule has 0 aliphatic carbocycles. The number of aliphatic hydroxyl groups is 1. The van der Waals surface area contributed by atoms with Crippen LogP contribution < -0.4 is 0 Å². The predicted octanol–water partition coefficient (Wildman–Crippen LogP) is 4.03. The molecule has 0 unspecified atom stereocenters. The third kappa shape index (κ3) is 4.91. The van der Waals surface area contributed by atoms with Gasteiger partial charge in [0.2, 0.25) is 0 Å². The zero-order valence-electron chi connectivity index (χ0n) is 15.1. The molecule has 1 N–H and O–H groups in total.